The second-order valence-corrected chi connectivity index (χ2v) is 8.46. The van der Waals surface area contributed by atoms with Gasteiger partial charge in [0.2, 0.25) is 0 Å². The maximum atomic E-state index is 13.3. The Morgan fingerprint density at radius 3 is 2.62 bits per heavy atom. The van der Waals surface area contributed by atoms with Crippen LogP contribution in [-0.4, -0.2) is 34.4 Å². The van der Waals surface area contributed by atoms with Gasteiger partial charge < -0.3 is 15.2 Å². The predicted molar refractivity (Wildman–Crippen MR) is 119 cm³/mol. The van der Waals surface area contributed by atoms with Gasteiger partial charge in [-0.1, -0.05) is 30.3 Å². The SMILES string of the molecule is CCN(C(=O)c1cc2cc(C(F)(F)F)ccc2[nH]1)[C@H]1CCCC(NCc2ccccc2)C1. The van der Waals surface area contributed by atoms with Gasteiger partial charge >= 0.3 is 6.18 Å². The van der Waals surface area contributed by atoms with Crippen LogP contribution in [0.25, 0.3) is 10.9 Å². The first-order valence-corrected chi connectivity index (χ1v) is 11.1. The van der Waals surface area contributed by atoms with E-state index in [2.05, 4.69) is 22.4 Å². The summed E-state index contributed by atoms with van der Waals surface area (Å²) in [6, 6.07) is 15.7. The van der Waals surface area contributed by atoms with Crippen molar-refractivity contribution in [3.63, 3.8) is 0 Å². The third-order valence-corrected chi connectivity index (χ3v) is 6.31. The van der Waals surface area contributed by atoms with Gasteiger partial charge in [-0.15, -0.1) is 0 Å². The van der Waals surface area contributed by atoms with Crippen molar-refractivity contribution >= 4 is 16.8 Å². The van der Waals surface area contributed by atoms with Gasteiger partial charge in [0.1, 0.15) is 5.69 Å². The van der Waals surface area contributed by atoms with Crippen molar-refractivity contribution in [1.82, 2.24) is 15.2 Å². The molecule has 1 saturated carbocycles. The average molecular weight is 444 g/mol. The summed E-state index contributed by atoms with van der Waals surface area (Å²) in [6.07, 6.45) is -0.508. The molecule has 0 radical (unpaired) electrons. The number of aromatic amines is 1. The molecule has 0 saturated heterocycles. The number of nitrogens with zero attached hydrogens (tertiary/aromatic N) is 1. The largest absolute Gasteiger partial charge is 0.416 e. The van der Waals surface area contributed by atoms with Crippen LogP contribution < -0.4 is 5.32 Å². The zero-order chi connectivity index (χ0) is 22.7. The molecule has 1 heterocycles. The number of H-pyrrole nitrogens is 1. The molecule has 1 amide bonds. The first-order valence-electron chi connectivity index (χ1n) is 11.1. The minimum absolute atomic E-state index is 0.103. The van der Waals surface area contributed by atoms with Gasteiger partial charge in [-0.05, 0) is 62.4 Å². The normalized spacial score (nSPS) is 19.2. The second kappa shape index (κ2) is 9.36. The summed E-state index contributed by atoms with van der Waals surface area (Å²) in [5.41, 5.74) is 1.38. The number of alkyl halides is 3. The standard InChI is InChI=1S/C25H28F3N3O/c1-2-31(21-10-6-9-20(15-21)29-16-17-7-4-3-5-8-17)24(32)23-14-18-13-19(25(26,27)28)11-12-22(18)30-23/h3-5,7-8,11-14,20-21,29-30H,2,6,9-10,15-16H2,1H3/t20?,21-/m0/s1. The lowest BCUT2D eigenvalue weighted by atomic mass is 9.89. The van der Waals surface area contributed by atoms with Crippen molar-refractivity contribution in [2.75, 3.05) is 6.54 Å². The molecule has 1 aliphatic carbocycles. The van der Waals surface area contributed by atoms with Gasteiger partial charge in [0, 0.05) is 36.1 Å². The molecule has 4 rings (SSSR count). The number of carbonyl (C=O) groups is 1. The number of hydrogen-bond donors (Lipinski definition) is 2. The van der Waals surface area contributed by atoms with Crippen LogP contribution in [0.3, 0.4) is 0 Å². The maximum absolute atomic E-state index is 13.3. The molecule has 3 aromatic rings. The maximum Gasteiger partial charge on any atom is 0.416 e. The number of hydrogen-bond acceptors (Lipinski definition) is 2. The minimum Gasteiger partial charge on any atom is -0.351 e. The molecule has 1 aromatic heterocycles. The van der Waals surface area contributed by atoms with E-state index in [-0.39, 0.29) is 11.9 Å². The molecular formula is C25H28F3N3O. The van der Waals surface area contributed by atoms with Crippen molar-refractivity contribution in [2.24, 2.45) is 0 Å². The number of halogens is 3. The predicted octanol–water partition coefficient (Wildman–Crippen LogP) is 5.75. The molecule has 0 bridgehead atoms. The highest BCUT2D eigenvalue weighted by Crippen LogP contribution is 2.32. The van der Waals surface area contributed by atoms with Gasteiger partial charge in [-0.2, -0.15) is 13.2 Å². The molecular weight excluding hydrogens is 415 g/mol. The monoisotopic (exact) mass is 443 g/mol. The lowest BCUT2D eigenvalue weighted by molar-refractivity contribution is -0.137. The Labute approximate surface area is 185 Å². The summed E-state index contributed by atoms with van der Waals surface area (Å²) in [5.74, 6) is -0.161. The van der Waals surface area contributed by atoms with E-state index >= 15 is 0 Å². The number of aromatic nitrogens is 1. The van der Waals surface area contributed by atoms with Crippen molar-refractivity contribution in [1.29, 1.82) is 0 Å². The van der Waals surface area contributed by atoms with Gasteiger partial charge in [-0.25, -0.2) is 0 Å². The molecule has 0 aliphatic heterocycles. The lowest BCUT2D eigenvalue weighted by Gasteiger charge is -2.37. The van der Waals surface area contributed by atoms with Crippen LogP contribution in [0, 0.1) is 0 Å². The van der Waals surface area contributed by atoms with Crippen LogP contribution >= 0.6 is 0 Å². The Balaban J connectivity index is 1.46. The van der Waals surface area contributed by atoms with Gasteiger partial charge in [-0.3, -0.25) is 4.79 Å². The molecule has 1 fully saturated rings. The quantitative estimate of drug-likeness (QED) is 0.510. The first kappa shape index (κ1) is 22.4. The molecule has 4 nitrogen and oxygen atoms in total. The molecule has 0 spiro atoms. The molecule has 1 unspecified atom stereocenters. The van der Waals surface area contributed by atoms with Crippen LogP contribution in [0.4, 0.5) is 13.2 Å². The highest BCUT2D eigenvalue weighted by molar-refractivity contribution is 5.98. The van der Waals surface area contributed by atoms with Crippen molar-refractivity contribution < 1.29 is 18.0 Å². The smallest absolute Gasteiger partial charge is 0.351 e. The van der Waals surface area contributed by atoms with E-state index in [0.29, 0.717) is 29.2 Å². The minimum atomic E-state index is -4.41. The average Bonchev–Trinajstić information content (AvgIpc) is 3.22. The van der Waals surface area contributed by atoms with Crippen LogP contribution in [-0.2, 0) is 12.7 Å². The van der Waals surface area contributed by atoms with Crippen molar-refractivity contribution in [3.05, 3.63) is 71.4 Å². The fourth-order valence-electron chi connectivity index (χ4n) is 4.64. The van der Waals surface area contributed by atoms with E-state index in [4.69, 9.17) is 0 Å². The van der Waals surface area contributed by atoms with Crippen LogP contribution in [0.2, 0.25) is 0 Å². The Hall–Kier alpha value is -2.80. The summed E-state index contributed by atoms with van der Waals surface area (Å²) < 4.78 is 39.1. The summed E-state index contributed by atoms with van der Waals surface area (Å²) in [4.78, 5) is 18.1. The van der Waals surface area contributed by atoms with Crippen molar-refractivity contribution in [3.8, 4) is 0 Å². The molecule has 170 valence electrons. The summed E-state index contributed by atoms with van der Waals surface area (Å²) in [5, 5.41) is 4.01. The van der Waals surface area contributed by atoms with E-state index in [1.807, 2.05) is 30.0 Å². The van der Waals surface area contributed by atoms with Gasteiger partial charge in [0.15, 0.2) is 0 Å². The molecule has 2 atom stereocenters. The molecule has 7 heteroatoms. The number of carbonyl (C=O) groups excluding carboxylic acids is 1. The number of benzene rings is 2. The second-order valence-electron chi connectivity index (χ2n) is 8.46. The fourth-order valence-corrected chi connectivity index (χ4v) is 4.64. The molecule has 2 aromatic carbocycles. The summed E-state index contributed by atoms with van der Waals surface area (Å²) >= 11 is 0. The van der Waals surface area contributed by atoms with Crippen molar-refractivity contribution in [2.45, 2.75) is 57.4 Å². The van der Waals surface area contributed by atoms with Crippen LogP contribution in [0.5, 0.6) is 0 Å². The molecule has 1 aliphatic rings. The van der Waals surface area contributed by atoms with Crippen LogP contribution in [0.15, 0.2) is 54.6 Å². The third kappa shape index (κ3) is 4.99. The van der Waals surface area contributed by atoms with E-state index in [1.54, 1.807) is 0 Å². The Morgan fingerprint density at radius 1 is 1.12 bits per heavy atom. The number of nitrogens with one attached hydrogen (secondary N) is 2. The van der Waals surface area contributed by atoms with E-state index in [0.717, 1.165) is 44.4 Å². The fraction of sp³-hybridized carbons (Fsp3) is 0.400. The Morgan fingerprint density at radius 2 is 1.91 bits per heavy atom. The van der Waals surface area contributed by atoms with E-state index in [1.165, 1.54) is 17.7 Å². The first-order chi connectivity index (χ1) is 15.3. The number of amides is 1. The summed E-state index contributed by atoms with van der Waals surface area (Å²) in [7, 11) is 0. The zero-order valence-electron chi connectivity index (χ0n) is 18.1. The topological polar surface area (TPSA) is 48.1 Å². The lowest BCUT2D eigenvalue weighted by Crippen LogP contribution is -2.46. The Bertz CT molecular complexity index is 1060. The zero-order valence-corrected chi connectivity index (χ0v) is 18.1. The highest BCUT2D eigenvalue weighted by atomic mass is 19.4. The van der Waals surface area contributed by atoms with E-state index in [9.17, 15) is 18.0 Å². The van der Waals surface area contributed by atoms with Gasteiger partial charge in [0.05, 0.1) is 5.56 Å². The Kier molecular flexibility index (Phi) is 6.55. The highest BCUT2D eigenvalue weighted by Gasteiger charge is 2.32. The van der Waals surface area contributed by atoms with Crippen LogP contribution in [0.1, 0.15) is 54.2 Å². The third-order valence-electron chi connectivity index (χ3n) is 6.31. The molecule has 32 heavy (non-hydrogen) atoms. The molecule has 2 N–H and O–H groups in total. The van der Waals surface area contributed by atoms with Gasteiger partial charge in [0.25, 0.3) is 5.91 Å². The summed E-state index contributed by atoms with van der Waals surface area (Å²) in [6.45, 7) is 3.29. The number of rotatable bonds is 6. The van der Waals surface area contributed by atoms with E-state index < -0.39 is 11.7 Å². The number of fused-ring (bicyclic) bond motifs is 1.